The first-order valence-electron chi connectivity index (χ1n) is 12.9. The van der Waals surface area contributed by atoms with Crippen molar-refractivity contribution < 1.29 is 4.79 Å². The highest BCUT2D eigenvalue weighted by atomic mass is 16.2. The minimum Gasteiger partial charge on any atom is -0.368 e. The van der Waals surface area contributed by atoms with Crippen LogP contribution in [0, 0.1) is 12.8 Å². The van der Waals surface area contributed by atoms with Gasteiger partial charge in [-0.3, -0.25) is 4.79 Å². The van der Waals surface area contributed by atoms with Gasteiger partial charge >= 0.3 is 0 Å². The molecule has 0 radical (unpaired) electrons. The summed E-state index contributed by atoms with van der Waals surface area (Å²) in [5.41, 5.74) is 6.42. The summed E-state index contributed by atoms with van der Waals surface area (Å²) >= 11 is 0. The molecule has 1 aromatic carbocycles. The van der Waals surface area contributed by atoms with Crippen molar-refractivity contribution in [3.8, 4) is 0 Å². The van der Waals surface area contributed by atoms with Gasteiger partial charge in [-0.25, -0.2) is 9.50 Å². The van der Waals surface area contributed by atoms with Gasteiger partial charge in [-0.2, -0.15) is 5.10 Å². The van der Waals surface area contributed by atoms with Gasteiger partial charge in [-0.15, -0.1) is 0 Å². The lowest BCUT2D eigenvalue weighted by Crippen LogP contribution is -2.52. The van der Waals surface area contributed by atoms with Crippen LogP contribution in [-0.2, 0) is 17.6 Å². The first-order valence-corrected chi connectivity index (χ1v) is 12.9. The van der Waals surface area contributed by atoms with Crippen LogP contribution >= 0.6 is 0 Å². The van der Waals surface area contributed by atoms with E-state index in [2.05, 4.69) is 45.9 Å². The highest BCUT2D eigenvalue weighted by molar-refractivity contribution is 5.80. The summed E-state index contributed by atoms with van der Waals surface area (Å²) in [5, 5.41) is 4.83. The molecule has 2 fully saturated rings. The molecule has 0 spiro atoms. The quantitative estimate of drug-likeness (QED) is 0.602. The van der Waals surface area contributed by atoms with E-state index in [9.17, 15) is 4.79 Å². The molecule has 0 saturated carbocycles. The molecule has 1 amide bonds. The Balaban J connectivity index is 1.10. The lowest BCUT2D eigenvalue weighted by atomic mass is 9.94. The van der Waals surface area contributed by atoms with Crippen molar-refractivity contribution in [2.24, 2.45) is 5.92 Å². The van der Waals surface area contributed by atoms with Crippen LogP contribution in [0.25, 0.3) is 5.52 Å². The number of nitrogens with zero attached hydrogens (tertiary/aromatic N) is 6. The second-order valence-corrected chi connectivity index (χ2v) is 10.0. The van der Waals surface area contributed by atoms with Crippen LogP contribution in [0.4, 0.5) is 11.5 Å². The topological polar surface area (TPSA) is 57.0 Å². The summed E-state index contributed by atoms with van der Waals surface area (Å²) in [6.07, 6.45) is 10.3. The van der Waals surface area contributed by atoms with E-state index in [1.54, 1.807) is 0 Å². The highest BCUT2D eigenvalue weighted by Crippen LogP contribution is 2.32. The molecular weight excluding hydrogens is 424 g/mol. The summed E-state index contributed by atoms with van der Waals surface area (Å²) in [6.45, 7) is 7.38. The van der Waals surface area contributed by atoms with Crippen LogP contribution in [0.2, 0.25) is 0 Å². The molecule has 2 aliphatic heterocycles. The van der Waals surface area contributed by atoms with Gasteiger partial charge in [-0.1, -0.05) is 18.2 Å². The third-order valence-corrected chi connectivity index (χ3v) is 7.99. The fraction of sp³-hybridized carbons (Fsp3) is 0.519. The van der Waals surface area contributed by atoms with Crippen molar-refractivity contribution in [1.29, 1.82) is 0 Å². The summed E-state index contributed by atoms with van der Waals surface area (Å²) in [7, 11) is 0. The van der Waals surface area contributed by atoms with Gasteiger partial charge in [-0.05, 0) is 57.1 Å². The van der Waals surface area contributed by atoms with Crippen molar-refractivity contribution in [3.63, 3.8) is 0 Å². The molecule has 7 nitrogen and oxygen atoms in total. The van der Waals surface area contributed by atoms with Crippen molar-refractivity contribution >= 4 is 22.9 Å². The van der Waals surface area contributed by atoms with E-state index in [4.69, 9.17) is 10.1 Å². The number of carbonyl (C=O) groups excluding carboxylic acids is 1. The molecule has 34 heavy (non-hydrogen) atoms. The Labute approximate surface area is 201 Å². The average Bonchev–Trinajstić information content (AvgIpc) is 3.28. The van der Waals surface area contributed by atoms with E-state index in [0.717, 1.165) is 70.8 Å². The number of aromatic nitrogens is 3. The molecule has 0 atom stereocenters. The number of hydrogen-bond donors (Lipinski definition) is 0. The Morgan fingerprint density at radius 3 is 2.50 bits per heavy atom. The van der Waals surface area contributed by atoms with Crippen LogP contribution in [0.1, 0.15) is 42.5 Å². The summed E-state index contributed by atoms with van der Waals surface area (Å²) in [6, 6.07) is 8.54. The van der Waals surface area contributed by atoms with E-state index < -0.39 is 0 Å². The number of para-hydroxylation sites is 1. The fourth-order valence-electron chi connectivity index (χ4n) is 6.06. The summed E-state index contributed by atoms with van der Waals surface area (Å²) < 4.78 is 2.03. The van der Waals surface area contributed by atoms with E-state index in [-0.39, 0.29) is 5.92 Å². The molecule has 178 valence electrons. The second kappa shape index (κ2) is 8.93. The molecular formula is C27H34N6O. The number of aryl methyl sites for hydroxylation is 3. The average molecular weight is 459 g/mol. The number of amides is 1. The number of piperidine rings is 1. The molecule has 3 aromatic rings. The van der Waals surface area contributed by atoms with Crippen LogP contribution < -0.4 is 9.80 Å². The van der Waals surface area contributed by atoms with Gasteiger partial charge in [0.05, 0.1) is 5.69 Å². The second-order valence-electron chi connectivity index (χ2n) is 10.0. The Morgan fingerprint density at radius 2 is 1.71 bits per heavy atom. The number of piperazine rings is 1. The SMILES string of the molecule is Cc1ccccc1N1CCN(C(=O)C2CCN(c3nccn4nc5c(c34)CCCC5)CC2)CC1. The lowest BCUT2D eigenvalue weighted by Gasteiger charge is -2.40. The van der Waals surface area contributed by atoms with Crippen LogP contribution in [0.15, 0.2) is 36.7 Å². The fourth-order valence-corrected chi connectivity index (χ4v) is 6.06. The first kappa shape index (κ1) is 21.4. The number of rotatable bonds is 3. The monoisotopic (exact) mass is 458 g/mol. The van der Waals surface area contributed by atoms with E-state index in [1.165, 1.54) is 40.9 Å². The highest BCUT2D eigenvalue weighted by Gasteiger charge is 2.32. The Hall–Kier alpha value is -3.09. The van der Waals surface area contributed by atoms with Crippen LogP contribution in [0.5, 0.6) is 0 Å². The van der Waals surface area contributed by atoms with Gasteiger partial charge in [0.1, 0.15) is 5.52 Å². The molecule has 1 aliphatic carbocycles. The summed E-state index contributed by atoms with van der Waals surface area (Å²) in [5.74, 6) is 1.52. The molecule has 0 bridgehead atoms. The molecule has 6 rings (SSSR count). The van der Waals surface area contributed by atoms with E-state index in [1.807, 2.05) is 16.9 Å². The van der Waals surface area contributed by atoms with Crippen molar-refractivity contribution in [2.75, 3.05) is 49.1 Å². The summed E-state index contributed by atoms with van der Waals surface area (Å²) in [4.78, 5) is 25.0. The maximum atomic E-state index is 13.3. The van der Waals surface area contributed by atoms with Crippen molar-refractivity contribution in [1.82, 2.24) is 19.5 Å². The predicted octanol–water partition coefficient (Wildman–Crippen LogP) is 3.48. The zero-order valence-electron chi connectivity index (χ0n) is 20.1. The van der Waals surface area contributed by atoms with Gasteiger partial charge in [0, 0.05) is 68.8 Å². The standard InChI is InChI=1S/C27H34N6O/c1-20-6-2-5-9-24(20)30-16-18-32(19-17-30)27(34)21-10-13-31(14-11-21)26-25-22-7-3-4-8-23(22)29-33(25)15-12-28-26/h2,5-6,9,12,15,21H,3-4,7-8,10-11,13-14,16-19H2,1H3. The van der Waals surface area contributed by atoms with Gasteiger partial charge in [0.2, 0.25) is 5.91 Å². The van der Waals surface area contributed by atoms with Crippen molar-refractivity contribution in [2.45, 2.75) is 45.4 Å². The largest absolute Gasteiger partial charge is 0.368 e. The molecule has 0 N–H and O–H groups in total. The number of fused-ring (bicyclic) bond motifs is 3. The van der Waals surface area contributed by atoms with Crippen LogP contribution in [-0.4, -0.2) is 64.7 Å². The molecule has 3 aliphatic rings. The Kier molecular flexibility index (Phi) is 5.63. The maximum absolute atomic E-state index is 13.3. The maximum Gasteiger partial charge on any atom is 0.225 e. The van der Waals surface area contributed by atoms with E-state index in [0.29, 0.717) is 5.91 Å². The molecule has 2 aromatic heterocycles. The minimum absolute atomic E-state index is 0.125. The third kappa shape index (κ3) is 3.81. The lowest BCUT2D eigenvalue weighted by molar-refractivity contribution is -0.136. The number of carbonyl (C=O) groups is 1. The zero-order valence-corrected chi connectivity index (χ0v) is 20.1. The first-order chi connectivity index (χ1) is 16.7. The van der Waals surface area contributed by atoms with Gasteiger partial charge in [0.15, 0.2) is 5.82 Å². The number of hydrogen-bond acceptors (Lipinski definition) is 5. The molecule has 4 heterocycles. The van der Waals surface area contributed by atoms with Crippen LogP contribution in [0.3, 0.4) is 0 Å². The van der Waals surface area contributed by atoms with Gasteiger partial charge in [0.25, 0.3) is 0 Å². The molecule has 7 heteroatoms. The normalized spacial score (nSPS) is 19.5. The number of anilines is 2. The van der Waals surface area contributed by atoms with Crippen molar-refractivity contribution in [3.05, 3.63) is 53.5 Å². The molecule has 2 saturated heterocycles. The van der Waals surface area contributed by atoms with E-state index >= 15 is 0 Å². The smallest absolute Gasteiger partial charge is 0.225 e. The predicted molar refractivity (Wildman–Crippen MR) is 135 cm³/mol. The van der Waals surface area contributed by atoms with Gasteiger partial charge < -0.3 is 14.7 Å². The molecule has 0 unspecified atom stereocenters. The third-order valence-electron chi connectivity index (χ3n) is 7.99. The Morgan fingerprint density at radius 1 is 0.941 bits per heavy atom. The zero-order chi connectivity index (χ0) is 23.1. The Bertz CT molecular complexity index is 1190. The minimum atomic E-state index is 0.125. The number of benzene rings is 1.